The maximum Gasteiger partial charge on any atom is 0.296 e. The summed E-state index contributed by atoms with van der Waals surface area (Å²) < 4.78 is 17.8. The first-order chi connectivity index (χ1) is 16.0. The highest BCUT2D eigenvalue weighted by atomic mass is 32.1. The Morgan fingerprint density at radius 3 is 2.48 bits per heavy atom. The van der Waals surface area contributed by atoms with E-state index in [2.05, 4.69) is 10.1 Å². The summed E-state index contributed by atoms with van der Waals surface area (Å²) in [5.74, 6) is 1.98. The van der Waals surface area contributed by atoms with Crippen molar-refractivity contribution in [3.8, 4) is 17.2 Å². The first-order valence-electron chi connectivity index (χ1n) is 10.4. The lowest BCUT2D eigenvalue weighted by atomic mass is 10.1. The van der Waals surface area contributed by atoms with Crippen molar-refractivity contribution in [3.63, 3.8) is 0 Å². The maximum absolute atomic E-state index is 13.0. The zero-order valence-electron chi connectivity index (χ0n) is 18.5. The van der Waals surface area contributed by atoms with Gasteiger partial charge in [-0.15, -0.1) is 0 Å². The van der Waals surface area contributed by atoms with Crippen molar-refractivity contribution in [1.82, 2.24) is 14.6 Å². The Morgan fingerprint density at radius 2 is 1.79 bits per heavy atom. The molecule has 2 heterocycles. The van der Waals surface area contributed by atoms with E-state index < -0.39 is 5.56 Å². The van der Waals surface area contributed by atoms with Gasteiger partial charge in [0.15, 0.2) is 0 Å². The van der Waals surface area contributed by atoms with Crippen molar-refractivity contribution in [1.29, 1.82) is 0 Å². The number of nitrogens with zero attached hydrogens (tertiary/aromatic N) is 3. The summed E-state index contributed by atoms with van der Waals surface area (Å²) >= 11 is 1.10. The highest BCUT2D eigenvalue weighted by Gasteiger charge is 2.13. The standard InChI is InChI=1S/C24H23N3O5S/c1-4-11-32-17-8-5-15(6-9-17)12-19-22(28)25-24-27(26-19)23(29)21(33-24)13-16-7-10-18(30-2)14-20(16)31-3/h5-10,13-14H,4,11-12H2,1-3H3. The molecule has 8 nitrogen and oxygen atoms in total. The average Bonchev–Trinajstić information content (AvgIpc) is 3.13. The van der Waals surface area contributed by atoms with Crippen LogP contribution in [0.4, 0.5) is 0 Å². The number of methoxy groups -OCH3 is 2. The quantitative estimate of drug-likeness (QED) is 0.395. The van der Waals surface area contributed by atoms with E-state index in [1.165, 1.54) is 4.52 Å². The Morgan fingerprint density at radius 1 is 1.03 bits per heavy atom. The third-order valence-corrected chi connectivity index (χ3v) is 5.90. The second-order valence-electron chi connectivity index (χ2n) is 7.25. The van der Waals surface area contributed by atoms with Gasteiger partial charge in [0.25, 0.3) is 11.1 Å². The smallest absolute Gasteiger partial charge is 0.296 e. The molecule has 0 saturated heterocycles. The molecule has 0 spiro atoms. The average molecular weight is 466 g/mol. The fourth-order valence-corrected chi connectivity index (χ4v) is 4.14. The summed E-state index contributed by atoms with van der Waals surface area (Å²) in [5, 5.41) is 4.31. The lowest BCUT2D eigenvalue weighted by Crippen LogP contribution is -2.28. The van der Waals surface area contributed by atoms with Crippen molar-refractivity contribution in [2.24, 2.45) is 0 Å². The molecule has 0 bridgehead atoms. The van der Waals surface area contributed by atoms with E-state index in [-0.39, 0.29) is 22.6 Å². The first-order valence-corrected chi connectivity index (χ1v) is 11.2. The third kappa shape index (κ3) is 4.88. The van der Waals surface area contributed by atoms with Gasteiger partial charge < -0.3 is 14.2 Å². The minimum atomic E-state index is -0.448. The van der Waals surface area contributed by atoms with Crippen molar-refractivity contribution < 1.29 is 14.2 Å². The van der Waals surface area contributed by atoms with Gasteiger partial charge >= 0.3 is 0 Å². The summed E-state index contributed by atoms with van der Waals surface area (Å²) in [7, 11) is 3.12. The summed E-state index contributed by atoms with van der Waals surface area (Å²) in [5.41, 5.74) is 0.998. The molecule has 0 aliphatic carbocycles. The van der Waals surface area contributed by atoms with Crippen LogP contribution >= 0.6 is 11.3 Å². The second-order valence-corrected chi connectivity index (χ2v) is 8.26. The molecule has 0 N–H and O–H groups in total. The third-order valence-electron chi connectivity index (χ3n) is 4.95. The van der Waals surface area contributed by atoms with Gasteiger partial charge in [0.2, 0.25) is 4.96 Å². The van der Waals surface area contributed by atoms with E-state index in [1.807, 2.05) is 31.2 Å². The molecule has 0 unspecified atom stereocenters. The number of hydrogen-bond donors (Lipinski definition) is 0. The molecule has 9 heteroatoms. The first kappa shape index (κ1) is 22.5. The molecule has 0 aliphatic heterocycles. The van der Waals surface area contributed by atoms with E-state index in [1.54, 1.807) is 38.5 Å². The minimum Gasteiger partial charge on any atom is -0.497 e. The molecule has 0 amide bonds. The van der Waals surface area contributed by atoms with E-state index in [0.717, 1.165) is 29.1 Å². The molecule has 4 aromatic rings. The van der Waals surface area contributed by atoms with Crippen molar-refractivity contribution >= 4 is 22.4 Å². The number of fused-ring (bicyclic) bond motifs is 1. The van der Waals surface area contributed by atoms with Crippen molar-refractivity contribution in [3.05, 3.63) is 84.5 Å². The Balaban J connectivity index is 1.69. The zero-order chi connectivity index (χ0) is 23.4. The summed E-state index contributed by atoms with van der Waals surface area (Å²) in [4.78, 5) is 29.9. The van der Waals surface area contributed by atoms with E-state index in [0.29, 0.717) is 28.2 Å². The highest BCUT2D eigenvalue weighted by molar-refractivity contribution is 7.15. The summed E-state index contributed by atoms with van der Waals surface area (Å²) in [6, 6.07) is 12.8. The molecular formula is C24H23N3O5S. The van der Waals surface area contributed by atoms with Gasteiger partial charge in [-0.3, -0.25) is 9.59 Å². The molecule has 0 atom stereocenters. The largest absolute Gasteiger partial charge is 0.497 e. The lowest BCUT2D eigenvalue weighted by molar-refractivity contribution is 0.317. The van der Waals surface area contributed by atoms with Gasteiger partial charge in [-0.25, -0.2) is 0 Å². The maximum atomic E-state index is 13.0. The van der Waals surface area contributed by atoms with Crippen LogP contribution in [0.5, 0.6) is 17.2 Å². The normalized spacial score (nSPS) is 11.7. The summed E-state index contributed by atoms with van der Waals surface area (Å²) in [6.07, 6.45) is 2.89. The predicted molar refractivity (Wildman–Crippen MR) is 127 cm³/mol. The number of hydrogen-bond acceptors (Lipinski definition) is 8. The number of aromatic nitrogens is 3. The Bertz CT molecular complexity index is 1440. The van der Waals surface area contributed by atoms with E-state index in [9.17, 15) is 9.59 Å². The molecule has 4 rings (SSSR count). The monoisotopic (exact) mass is 465 g/mol. The van der Waals surface area contributed by atoms with Crippen molar-refractivity contribution in [2.75, 3.05) is 20.8 Å². The van der Waals surface area contributed by atoms with Crippen LogP contribution in [0.15, 0.2) is 52.1 Å². The van der Waals surface area contributed by atoms with Gasteiger partial charge in [-0.05, 0) is 42.3 Å². The van der Waals surface area contributed by atoms with E-state index >= 15 is 0 Å². The van der Waals surface area contributed by atoms with E-state index in [4.69, 9.17) is 14.2 Å². The van der Waals surface area contributed by atoms with Crippen LogP contribution in [-0.4, -0.2) is 35.4 Å². The topological polar surface area (TPSA) is 92.0 Å². The van der Waals surface area contributed by atoms with Crippen LogP contribution < -0.4 is 29.9 Å². The molecule has 0 saturated carbocycles. The minimum absolute atomic E-state index is 0.207. The van der Waals surface area contributed by atoms with Gasteiger partial charge in [-0.1, -0.05) is 30.4 Å². The SMILES string of the molecule is CCCOc1ccc(Cc2nn3c(=O)c(=Cc4ccc(OC)cc4OC)sc3nc2=O)cc1. The lowest BCUT2D eigenvalue weighted by Gasteiger charge is -2.06. The fourth-order valence-electron chi connectivity index (χ4n) is 3.25. The van der Waals surface area contributed by atoms with Gasteiger partial charge in [0, 0.05) is 18.1 Å². The fraction of sp³-hybridized carbons (Fsp3) is 0.250. The molecule has 0 aliphatic rings. The molecule has 0 fully saturated rings. The van der Waals surface area contributed by atoms with Crippen LogP contribution in [0.3, 0.4) is 0 Å². The van der Waals surface area contributed by atoms with Crippen LogP contribution in [0.1, 0.15) is 30.2 Å². The number of thiazole rings is 1. The number of rotatable bonds is 8. The van der Waals surface area contributed by atoms with Gasteiger partial charge in [-0.2, -0.15) is 14.6 Å². The molecule has 2 aromatic carbocycles. The Kier molecular flexibility index (Phi) is 6.69. The van der Waals surface area contributed by atoms with Crippen LogP contribution in [0.25, 0.3) is 11.0 Å². The van der Waals surface area contributed by atoms with Crippen LogP contribution in [0.2, 0.25) is 0 Å². The molecule has 0 radical (unpaired) electrons. The number of ether oxygens (including phenoxy) is 3. The Hall–Kier alpha value is -3.72. The van der Waals surface area contributed by atoms with Crippen LogP contribution in [-0.2, 0) is 6.42 Å². The molecule has 33 heavy (non-hydrogen) atoms. The molecule has 170 valence electrons. The Labute approximate surface area is 193 Å². The van der Waals surface area contributed by atoms with Crippen LogP contribution in [0, 0.1) is 0 Å². The predicted octanol–water partition coefficient (Wildman–Crippen LogP) is 2.46. The molecule has 2 aromatic heterocycles. The highest BCUT2D eigenvalue weighted by Crippen LogP contribution is 2.25. The molecular weight excluding hydrogens is 442 g/mol. The zero-order valence-corrected chi connectivity index (χ0v) is 19.3. The number of benzene rings is 2. The second kappa shape index (κ2) is 9.83. The van der Waals surface area contributed by atoms with Gasteiger partial charge in [0.1, 0.15) is 22.9 Å². The van der Waals surface area contributed by atoms with Crippen molar-refractivity contribution in [2.45, 2.75) is 19.8 Å². The van der Waals surface area contributed by atoms with Gasteiger partial charge in [0.05, 0.1) is 25.4 Å². The summed E-state index contributed by atoms with van der Waals surface area (Å²) in [6.45, 7) is 2.69.